The van der Waals surface area contributed by atoms with Crippen LogP contribution in [0.3, 0.4) is 0 Å². The number of hydrogen-bond acceptors (Lipinski definition) is 3. The number of halogens is 1. The van der Waals surface area contributed by atoms with Crippen molar-refractivity contribution in [3.05, 3.63) is 0 Å². The van der Waals surface area contributed by atoms with Crippen molar-refractivity contribution < 1.29 is 9.59 Å². The van der Waals surface area contributed by atoms with Crippen molar-refractivity contribution in [1.29, 1.82) is 0 Å². The van der Waals surface area contributed by atoms with E-state index in [-0.39, 0.29) is 30.3 Å². The smallest absolute Gasteiger partial charge is 0.317 e. The summed E-state index contributed by atoms with van der Waals surface area (Å²) < 4.78 is 0. The first-order valence-electron chi connectivity index (χ1n) is 7.15. The van der Waals surface area contributed by atoms with Gasteiger partial charge in [-0.2, -0.15) is 0 Å². The van der Waals surface area contributed by atoms with Crippen molar-refractivity contribution in [2.24, 2.45) is 11.8 Å². The first kappa shape index (κ1) is 17.0. The van der Waals surface area contributed by atoms with Crippen LogP contribution in [0.15, 0.2) is 0 Å². The van der Waals surface area contributed by atoms with E-state index in [0.29, 0.717) is 38.6 Å². The van der Waals surface area contributed by atoms with Crippen LogP contribution in [-0.2, 0) is 4.79 Å². The Bertz CT molecular complexity index is 341. The van der Waals surface area contributed by atoms with Crippen molar-refractivity contribution in [2.75, 3.05) is 45.8 Å². The number of nitrogens with zero attached hydrogens (tertiary/aromatic N) is 2. The maximum absolute atomic E-state index is 12.3. The van der Waals surface area contributed by atoms with Crippen molar-refractivity contribution in [1.82, 2.24) is 20.4 Å². The highest BCUT2D eigenvalue weighted by Gasteiger charge is 2.33. The highest BCUT2D eigenvalue weighted by molar-refractivity contribution is 5.85. The lowest BCUT2D eigenvalue weighted by Crippen LogP contribution is -2.56. The number of nitrogens with one attached hydrogen (secondary N) is 2. The van der Waals surface area contributed by atoms with Crippen molar-refractivity contribution in [3.63, 3.8) is 0 Å². The van der Waals surface area contributed by atoms with Gasteiger partial charge in [-0.05, 0) is 25.9 Å². The molecule has 7 heteroatoms. The van der Waals surface area contributed by atoms with Crippen LogP contribution < -0.4 is 10.6 Å². The lowest BCUT2D eigenvalue weighted by atomic mass is 9.88. The molecule has 6 nitrogen and oxygen atoms in total. The van der Waals surface area contributed by atoms with Crippen LogP contribution in [-0.4, -0.2) is 67.6 Å². The Kier molecular flexibility index (Phi) is 6.55. The molecule has 2 N–H and O–H groups in total. The van der Waals surface area contributed by atoms with Crippen LogP contribution in [0.1, 0.15) is 13.8 Å². The van der Waals surface area contributed by atoms with E-state index in [1.165, 1.54) is 0 Å². The number of piperazine rings is 1. The molecular formula is C13H25ClN4O2. The quantitative estimate of drug-likeness (QED) is 0.779. The molecule has 116 valence electrons. The summed E-state index contributed by atoms with van der Waals surface area (Å²) in [5, 5.41) is 6.00. The fourth-order valence-electron chi connectivity index (χ4n) is 2.55. The summed E-state index contributed by atoms with van der Waals surface area (Å²) in [5.74, 6) is 0.813. The topological polar surface area (TPSA) is 64.7 Å². The van der Waals surface area contributed by atoms with Crippen molar-refractivity contribution in [2.45, 2.75) is 13.8 Å². The monoisotopic (exact) mass is 304 g/mol. The standard InChI is InChI=1S/C13H24N4O2.ClH/c1-3-15-13(19)17-6-4-16(5-7-17)12(18)10(2)11-8-14-9-11;/h10-11,14H,3-9H2,1-2H3,(H,15,19);1H. The van der Waals surface area contributed by atoms with Gasteiger partial charge in [-0.15, -0.1) is 12.4 Å². The first-order chi connectivity index (χ1) is 9.13. The van der Waals surface area contributed by atoms with E-state index in [0.717, 1.165) is 13.1 Å². The minimum atomic E-state index is -0.0224. The van der Waals surface area contributed by atoms with Gasteiger partial charge in [0.15, 0.2) is 0 Å². The van der Waals surface area contributed by atoms with E-state index < -0.39 is 0 Å². The molecular weight excluding hydrogens is 280 g/mol. The maximum Gasteiger partial charge on any atom is 0.317 e. The molecule has 1 unspecified atom stereocenters. The molecule has 0 spiro atoms. The van der Waals surface area contributed by atoms with E-state index >= 15 is 0 Å². The second-order valence-electron chi connectivity index (χ2n) is 5.35. The Morgan fingerprint density at radius 1 is 1.20 bits per heavy atom. The summed E-state index contributed by atoms with van der Waals surface area (Å²) in [7, 11) is 0. The maximum atomic E-state index is 12.3. The molecule has 0 aromatic heterocycles. The van der Waals surface area contributed by atoms with Crippen LogP contribution in [0.4, 0.5) is 4.79 Å². The third-order valence-electron chi connectivity index (χ3n) is 4.12. The molecule has 0 aromatic rings. The zero-order valence-electron chi connectivity index (χ0n) is 12.2. The fraction of sp³-hybridized carbons (Fsp3) is 0.846. The van der Waals surface area contributed by atoms with Gasteiger partial charge in [-0.3, -0.25) is 4.79 Å². The van der Waals surface area contributed by atoms with Crippen LogP contribution >= 0.6 is 12.4 Å². The third kappa shape index (κ3) is 3.76. The zero-order chi connectivity index (χ0) is 13.8. The normalized spacial score (nSPS) is 20.7. The number of rotatable bonds is 3. The average Bonchev–Trinajstić information content (AvgIpc) is 2.36. The molecule has 2 fully saturated rings. The van der Waals surface area contributed by atoms with Gasteiger partial charge in [0.05, 0.1) is 0 Å². The summed E-state index contributed by atoms with van der Waals surface area (Å²) in [6.45, 7) is 9.04. The second-order valence-corrected chi connectivity index (χ2v) is 5.35. The Morgan fingerprint density at radius 3 is 2.20 bits per heavy atom. The lowest BCUT2D eigenvalue weighted by molar-refractivity contribution is -0.138. The summed E-state index contributed by atoms with van der Waals surface area (Å²) in [5.41, 5.74) is 0. The number of urea groups is 1. The van der Waals surface area contributed by atoms with E-state index in [9.17, 15) is 9.59 Å². The Morgan fingerprint density at radius 2 is 1.75 bits per heavy atom. The highest BCUT2D eigenvalue weighted by Crippen LogP contribution is 2.19. The van der Waals surface area contributed by atoms with Gasteiger partial charge in [0.25, 0.3) is 0 Å². The van der Waals surface area contributed by atoms with Gasteiger partial charge < -0.3 is 20.4 Å². The molecule has 2 aliphatic heterocycles. The van der Waals surface area contributed by atoms with E-state index in [2.05, 4.69) is 10.6 Å². The van der Waals surface area contributed by atoms with Crippen molar-refractivity contribution >= 4 is 24.3 Å². The highest BCUT2D eigenvalue weighted by atomic mass is 35.5. The van der Waals surface area contributed by atoms with Crippen molar-refractivity contribution in [3.8, 4) is 0 Å². The zero-order valence-corrected chi connectivity index (χ0v) is 13.0. The van der Waals surface area contributed by atoms with E-state index in [4.69, 9.17) is 0 Å². The average molecular weight is 305 g/mol. The molecule has 0 bridgehead atoms. The van der Waals surface area contributed by atoms with Gasteiger partial charge in [-0.25, -0.2) is 4.79 Å². The largest absolute Gasteiger partial charge is 0.339 e. The second kappa shape index (κ2) is 7.69. The molecule has 20 heavy (non-hydrogen) atoms. The summed E-state index contributed by atoms with van der Waals surface area (Å²) in [6, 6.07) is -0.0224. The van der Waals surface area contributed by atoms with Gasteiger partial charge in [0.1, 0.15) is 0 Å². The lowest BCUT2D eigenvalue weighted by Gasteiger charge is -2.39. The van der Waals surface area contributed by atoms with Crippen LogP contribution in [0.25, 0.3) is 0 Å². The van der Waals surface area contributed by atoms with Crippen LogP contribution in [0.2, 0.25) is 0 Å². The Balaban J connectivity index is 0.00000200. The van der Waals surface area contributed by atoms with Crippen LogP contribution in [0, 0.1) is 11.8 Å². The number of hydrogen-bond donors (Lipinski definition) is 2. The van der Waals surface area contributed by atoms with Gasteiger partial charge in [0.2, 0.25) is 5.91 Å². The number of amides is 3. The molecule has 0 radical (unpaired) electrons. The molecule has 2 aliphatic rings. The minimum absolute atomic E-state index is 0. The molecule has 1 atom stereocenters. The first-order valence-corrected chi connectivity index (χ1v) is 7.15. The van der Waals surface area contributed by atoms with Gasteiger partial charge in [0, 0.05) is 38.6 Å². The van der Waals surface area contributed by atoms with Gasteiger partial charge in [-0.1, -0.05) is 6.92 Å². The molecule has 0 saturated carbocycles. The summed E-state index contributed by atoms with van der Waals surface area (Å²) in [4.78, 5) is 27.7. The predicted octanol–water partition coefficient (Wildman–Crippen LogP) is 0.137. The molecule has 2 saturated heterocycles. The van der Waals surface area contributed by atoms with E-state index in [1.807, 2.05) is 18.7 Å². The van der Waals surface area contributed by atoms with Crippen LogP contribution in [0.5, 0.6) is 0 Å². The fourth-order valence-corrected chi connectivity index (χ4v) is 2.55. The molecule has 0 aromatic carbocycles. The minimum Gasteiger partial charge on any atom is -0.339 e. The third-order valence-corrected chi connectivity index (χ3v) is 4.12. The summed E-state index contributed by atoms with van der Waals surface area (Å²) >= 11 is 0. The molecule has 0 aliphatic carbocycles. The molecule has 2 rings (SSSR count). The summed E-state index contributed by atoms with van der Waals surface area (Å²) in [6.07, 6.45) is 0. The number of carbonyl (C=O) groups is 2. The number of carbonyl (C=O) groups excluding carboxylic acids is 2. The SMILES string of the molecule is CCNC(=O)N1CCN(C(=O)C(C)C2CNC2)CC1.Cl. The Labute approximate surface area is 126 Å². The van der Waals surface area contributed by atoms with Gasteiger partial charge >= 0.3 is 6.03 Å². The van der Waals surface area contributed by atoms with E-state index in [1.54, 1.807) is 4.90 Å². The Hall–Kier alpha value is -1.01. The molecule has 3 amide bonds. The predicted molar refractivity (Wildman–Crippen MR) is 80.0 cm³/mol. The molecule has 2 heterocycles.